The lowest BCUT2D eigenvalue weighted by atomic mass is 9.97. The summed E-state index contributed by atoms with van der Waals surface area (Å²) in [6, 6.07) is 11.2. The number of nitrogens with one attached hydrogen (secondary N) is 1. The van der Waals surface area contributed by atoms with E-state index in [-0.39, 0.29) is 0 Å². The third-order valence-corrected chi connectivity index (χ3v) is 3.40. The molecule has 1 atom stereocenters. The van der Waals surface area contributed by atoms with E-state index >= 15 is 0 Å². The van der Waals surface area contributed by atoms with Crippen molar-refractivity contribution in [2.24, 2.45) is 0 Å². The first-order chi connectivity index (χ1) is 8.76. The summed E-state index contributed by atoms with van der Waals surface area (Å²) in [7, 11) is 2.01. The van der Waals surface area contributed by atoms with Gasteiger partial charge >= 0.3 is 0 Å². The molecule has 18 heavy (non-hydrogen) atoms. The van der Waals surface area contributed by atoms with Gasteiger partial charge in [0, 0.05) is 24.0 Å². The Kier molecular flexibility index (Phi) is 4.11. The Morgan fingerprint density at radius 1 is 1.28 bits per heavy atom. The molecule has 0 fully saturated rings. The molecule has 0 amide bonds. The fourth-order valence-electron chi connectivity index (χ4n) is 2.30. The molecule has 1 aromatic carbocycles. The summed E-state index contributed by atoms with van der Waals surface area (Å²) in [4.78, 5) is 4.22. The highest BCUT2D eigenvalue weighted by Gasteiger charge is 2.08. The predicted molar refractivity (Wildman–Crippen MR) is 76.5 cm³/mol. The van der Waals surface area contributed by atoms with Gasteiger partial charge in [0.1, 0.15) is 0 Å². The molecular weight excluding hydrogens is 220 g/mol. The maximum absolute atomic E-state index is 4.22. The zero-order chi connectivity index (χ0) is 13.0. The van der Waals surface area contributed by atoms with Gasteiger partial charge in [0.2, 0.25) is 0 Å². The van der Waals surface area contributed by atoms with Crippen molar-refractivity contribution < 1.29 is 0 Å². The number of aromatic nitrogens is 1. The SMILES string of the molecule is CCC(NC)c1cccc(-c2cnccc2C)c1. The van der Waals surface area contributed by atoms with Gasteiger partial charge in [-0.2, -0.15) is 0 Å². The topological polar surface area (TPSA) is 24.9 Å². The van der Waals surface area contributed by atoms with Crippen LogP contribution in [0.2, 0.25) is 0 Å². The molecule has 1 aromatic heterocycles. The summed E-state index contributed by atoms with van der Waals surface area (Å²) in [5.41, 5.74) is 5.05. The molecule has 1 N–H and O–H groups in total. The van der Waals surface area contributed by atoms with E-state index in [0.717, 1.165) is 6.42 Å². The van der Waals surface area contributed by atoms with Gasteiger partial charge in [-0.3, -0.25) is 4.98 Å². The van der Waals surface area contributed by atoms with Crippen LogP contribution in [0, 0.1) is 6.92 Å². The normalized spacial score (nSPS) is 12.4. The average molecular weight is 240 g/mol. The Balaban J connectivity index is 2.42. The van der Waals surface area contributed by atoms with Gasteiger partial charge < -0.3 is 5.32 Å². The molecule has 1 heterocycles. The van der Waals surface area contributed by atoms with Crippen LogP contribution in [-0.4, -0.2) is 12.0 Å². The summed E-state index contributed by atoms with van der Waals surface area (Å²) in [5, 5.41) is 3.35. The van der Waals surface area contributed by atoms with Crippen LogP contribution >= 0.6 is 0 Å². The Labute approximate surface area is 109 Å². The molecule has 1 unspecified atom stereocenters. The molecule has 2 rings (SSSR count). The molecule has 2 heteroatoms. The van der Waals surface area contributed by atoms with Gasteiger partial charge in [-0.15, -0.1) is 0 Å². The second-order valence-electron chi connectivity index (χ2n) is 4.57. The minimum absolute atomic E-state index is 0.418. The highest BCUT2D eigenvalue weighted by Crippen LogP contribution is 2.26. The minimum atomic E-state index is 0.418. The molecule has 2 nitrogen and oxygen atoms in total. The lowest BCUT2D eigenvalue weighted by molar-refractivity contribution is 0.577. The molecule has 0 bridgehead atoms. The number of aryl methyl sites for hydroxylation is 1. The molecule has 0 aliphatic carbocycles. The first kappa shape index (κ1) is 12.8. The van der Waals surface area contributed by atoms with Crippen molar-refractivity contribution in [3.8, 4) is 11.1 Å². The smallest absolute Gasteiger partial charge is 0.0349 e. The highest BCUT2D eigenvalue weighted by molar-refractivity contribution is 5.66. The Bertz CT molecular complexity index is 516. The molecule has 0 radical (unpaired) electrons. The standard InChI is InChI=1S/C16H20N2/c1-4-16(17-3)14-7-5-6-13(10-14)15-11-18-9-8-12(15)2/h5-11,16-17H,4H2,1-3H3. The van der Waals surface area contributed by atoms with E-state index in [1.54, 1.807) is 0 Å². The fourth-order valence-corrected chi connectivity index (χ4v) is 2.30. The van der Waals surface area contributed by atoms with E-state index < -0.39 is 0 Å². The van der Waals surface area contributed by atoms with Gasteiger partial charge in [-0.25, -0.2) is 0 Å². The van der Waals surface area contributed by atoms with Crippen LogP contribution in [0.5, 0.6) is 0 Å². The number of hydrogen-bond acceptors (Lipinski definition) is 2. The van der Waals surface area contributed by atoms with E-state index in [1.807, 2.05) is 19.4 Å². The third kappa shape index (κ3) is 2.59. The summed E-state index contributed by atoms with van der Waals surface area (Å²) < 4.78 is 0. The lowest BCUT2D eigenvalue weighted by Crippen LogP contribution is -2.15. The number of nitrogens with zero attached hydrogens (tertiary/aromatic N) is 1. The van der Waals surface area contributed by atoms with Crippen LogP contribution in [-0.2, 0) is 0 Å². The number of pyridine rings is 1. The van der Waals surface area contributed by atoms with E-state index in [9.17, 15) is 0 Å². The van der Waals surface area contributed by atoms with Crippen LogP contribution in [0.3, 0.4) is 0 Å². The Morgan fingerprint density at radius 2 is 2.11 bits per heavy atom. The van der Waals surface area contributed by atoms with Crippen molar-refractivity contribution in [2.45, 2.75) is 26.3 Å². The van der Waals surface area contributed by atoms with Crippen LogP contribution < -0.4 is 5.32 Å². The number of benzene rings is 1. The summed E-state index contributed by atoms with van der Waals surface area (Å²) in [6.45, 7) is 4.32. The zero-order valence-electron chi connectivity index (χ0n) is 11.3. The number of rotatable bonds is 4. The zero-order valence-corrected chi connectivity index (χ0v) is 11.3. The van der Waals surface area contributed by atoms with Gasteiger partial charge in [0.25, 0.3) is 0 Å². The summed E-state index contributed by atoms with van der Waals surface area (Å²) in [6.07, 6.45) is 4.87. The molecule has 0 saturated heterocycles. The summed E-state index contributed by atoms with van der Waals surface area (Å²) >= 11 is 0. The highest BCUT2D eigenvalue weighted by atomic mass is 14.9. The van der Waals surface area contributed by atoms with Crippen molar-refractivity contribution in [3.63, 3.8) is 0 Å². The van der Waals surface area contributed by atoms with Crippen LogP contribution in [0.1, 0.15) is 30.5 Å². The minimum Gasteiger partial charge on any atom is -0.313 e. The van der Waals surface area contributed by atoms with Crippen molar-refractivity contribution in [1.29, 1.82) is 0 Å². The van der Waals surface area contributed by atoms with Crippen LogP contribution in [0.15, 0.2) is 42.7 Å². The summed E-state index contributed by atoms with van der Waals surface area (Å²) in [5.74, 6) is 0. The molecule has 2 aromatic rings. The lowest BCUT2D eigenvalue weighted by Gasteiger charge is -2.15. The first-order valence-corrected chi connectivity index (χ1v) is 6.44. The molecule has 0 spiro atoms. The monoisotopic (exact) mass is 240 g/mol. The molecule has 0 aliphatic rings. The second kappa shape index (κ2) is 5.78. The van der Waals surface area contributed by atoms with Crippen LogP contribution in [0.25, 0.3) is 11.1 Å². The fraction of sp³-hybridized carbons (Fsp3) is 0.312. The predicted octanol–water partition coefficient (Wildman–Crippen LogP) is 3.73. The largest absolute Gasteiger partial charge is 0.313 e. The van der Waals surface area contributed by atoms with Crippen LogP contribution in [0.4, 0.5) is 0 Å². The van der Waals surface area contributed by atoms with Gasteiger partial charge in [-0.05, 0) is 49.2 Å². The third-order valence-electron chi connectivity index (χ3n) is 3.40. The molecular formula is C16H20N2. The van der Waals surface area contributed by atoms with E-state index in [2.05, 4.69) is 54.5 Å². The second-order valence-corrected chi connectivity index (χ2v) is 4.57. The quantitative estimate of drug-likeness (QED) is 0.881. The van der Waals surface area contributed by atoms with E-state index in [1.165, 1.54) is 22.3 Å². The van der Waals surface area contributed by atoms with Crippen molar-refractivity contribution in [2.75, 3.05) is 7.05 Å². The maximum atomic E-state index is 4.22. The maximum Gasteiger partial charge on any atom is 0.0349 e. The average Bonchev–Trinajstić information content (AvgIpc) is 2.41. The number of hydrogen-bond donors (Lipinski definition) is 1. The van der Waals surface area contributed by atoms with Crippen molar-refractivity contribution in [3.05, 3.63) is 53.9 Å². The van der Waals surface area contributed by atoms with Crippen molar-refractivity contribution in [1.82, 2.24) is 10.3 Å². The van der Waals surface area contributed by atoms with Gasteiger partial charge in [0.05, 0.1) is 0 Å². The molecule has 94 valence electrons. The van der Waals surface area contributed by atoms with Crippen molar-refractivity contribution >= 4 is 0 Å². The van der Waals surface area contributed by atoms with E-state index in [4.69, 9.17) is 0 Å². The Morgan fingerprint density at radius 3 is 2.78 bits per heavy atom. The molecule has 0 saturated carbocycles. The first-order valence-electron chi connectivity index (χ1n) is 6.44. The molecule has 0 aliphatic heterocycles. The van der Waals surface area contributed by atoms with E-state index in [0.29, 0.717) is 6.04 Å². The van der Waals surface area contributed by atoms with Gasteiger partial charge in [0.15, 0.2) is 0 Å². The van der Waals surface area contributed by atoms with Gasteiger partial charge in [-0.1, -0.05) is 25.1 Å². The Hall–Kier alpha value is -1.67.